The van der Waals surface area contributed by atoms with E-state index in [-0.39, 0.29) is 29.4 Å². The molecule has 1 fully saturated rings. The summed E-state index contributed by atoms with van der Waals surface area (Å²) in [6.07, 6.45) is 5.85. The van der Waals surface area contributed by atoms with Crippen LogP contribution in [0.15, 0.2) is 60.9 Å². The van der Waals surface area contributed by atoms with Crippen LogP contribution >= 0.6 is 11.6 Å². The Hall–Kier alpha value is -4.88. The minimum atomic E-state index is -0.998. The average Bonchev–Trinajstić information content (AvgIpc) is 3.53. The molecule has 1 aliphatic rings. The number of amides is 3. The van der Waals surface area contributed by atoms with E-state index in [1.165, 1.54) is 4.90 Å². The molecule has 13 nitrogen and oxygen atoms in total. The molecule has 2 aromatic heterocycles. The molecule has 1 atom stereocenters. The lowest BCUT2D eigenvalue weighted by Crippen LogP contribution is -2.50. The molecule has 5 rings (SSSR count). The van der Waals surface area contributed by atoms with Crippen LogP contribution in [-0.4, -0.2) is 75.3 Å². The summed E-state index contributed by atoms with van der Waals surface area (Å²) in [5, 5.41) is 9.69. The molecule has 0 radical (unpaired) electrons. The first-order chi connectivity index (χ1) is 23.8. The van der Waals surface area contributed by atoms with Crippen molar-refractivity contribution in [3.63, 3.8) is 0 Å². The Morgan fingerprint density at radius 2 is 1.68 bits per heavy atom. The van der Waals surface area contributed by atoms with Gasteiger partial charge in [0.25, 0.3) is 5.91 Å². The Labute approximate surface area is 297 Å². The highest BCUT2D eigenvalue weighted by atomic mass is 35.5. The first-order valence-electron chi connectivity index (χ1n) is 16.6. The number of rotatable bonds is 10. The molecule has 0 saturated heterocycles. The van der Waals surface area contributed by atoms with E-state index < -0.39 is 23.6 Å². The summed E-state index contributed by atoms with van der Waals surface area (Å²) in [6, 6.07) is 13.6. The maximum absolute atomic E-state index is 14.2. The van der Waals surface area contributed by atoms with Crippen LogP contribution in [0.5, 0.6) is 0 Å². The van der Waals surface area contributed by atoms with E-state index in [9.17, 15) is 14.4 Å². The zero-order chi connectivity index (χ0) is 36.0. The largest absolute Gasteiger partial charge is 0.444 e. The molecular weight excluding hydrogens is 658 g/mol. The van der Waals surface area contributed by atoms with Crippen molar-refractivity contribution in [2.75, 3.05) is 30.4 Å². The van der Waals surface area contributed by atoms with Gasteiger partial charge < -0.3 is 20.7 Å². The highest BCUT2D eigenvalue weighted by molar-refractivity contribution is 6.28. The zero-order valence-electron chi connectivity index (χ0n) is 29.0. The fourth-order valence-electron chi connectivity index (χ4n) is 5.92. The summed E-state index contributed by atoms with van der Waals surface area (Å²) < 4.78 is 5.36. The molecule has 50 heavy (non-hydrogen) atoms. The van der Waals surface area contributed by atoms with E-state index in [2.05, 4.69) is 30.5 Å². The first kappa shape index (κ1) is 36.4. The van der Waals surface area contributed by atoms with Gasteiger partial charge in [0, 0.05) is 50.1 Å². The summed E-state index contributed by atoms with van der Waals surface area (Å²) in [5.41, 5.74) is 9.63. The van der Waals surface area contributed by atoms with Crippen LogP contribution in [0.1, 0.15) is 52.0 Å². The highest BCUT2D eigenvalue weighted by Crippen LogP contribution is 2.32. The number of benzene rings is 2. The van der Waals surface area contributed by atoms with Crippen molar-refractivity contribution < 1.29 is 19.1 Å². The van der Waals surface area contributed by atoms with Crippen LogP contribution in [0.2, 0.25) is 5.28 Å². The van der Waals surface area contributed by atoms with Gasteiger partial charge in [-0.15, -0.1) is 0 Å². The quantitative estimate of drug-likeness (QED) is 0.194. The predicted octanol–water partition coefficient (Wildman–Crippen LogP) is 5.41. The molecule has 0 bridgehead atoms. The lowest BCUT2D eigenvalue weighted by atomic mass is 9.81. The zero-order valence-corrected chi connectivity index (χ0v) is 29.8. The summed E-state index contributed by atoms with van der Waals surface area (Å²) >= 11 is 5.92. The van der Waals surface area contributed by atoms with Crippen molar-refractivity contribution in [2.24, 2.45) is 17.6 Å². The maximum atomic E-state index is 14.2. The minimum absolute atomic E-state index is 0.154. The number of nitrogens with zero attached hydrogens (tertiary/aromatic N) is 6. The average molecular weight is 702 g/mol. The molecule has 0 unspecified atom stereocenters. The van der Waals surface area contributed by atoms with E-state index in [0.717, 1.165) is 29.5 Å². The van der Waals surface area contributed by atoms with Gasteiger partial charge in [0.1, 0.15) is 5.60 Å². The Morgan fingerprint density at radius 3 is 2.28 bits per heavy atom. The van der Waals surface area contributed by atoms with Crippen molar-refractivity contribution in [3.8, 4) is 22.5 Å². The number of aromatic amines is 1. The minimum Gasteiger partial charge on any atom is -0.444 e. The molecule has 2 heterocycles. The lowest BCUT2D eigenvalue weighted by molar-refractivity contribution is -0.130. The van der Waals surface area contributed by atoms with E-state index in [0.29, 0.717) is 42.4 Å². The standard InChI is InChI=1S/C36H44ClN9O4/c1-36(2,3)50-35(49)41-19-22-9-11-25(12-10-22)31(47)46(28-15-13-24(14-16-28)30-42-33(37)44-43-30)32(48)29(38)18-23-7-6-8-26(17-23)27-20-39-34(40-21-27)45(4)5/h6-8,13-17,20-22,25,29H,9-12,18-19,38H2,1-5H3,(H,41,49)(H,42,43,44)/t22?,25?,29-/m0/s1. The molecule has 4 aromatic rings. The number of ether oxygens (including phenoxy) is 1. The van der Waals surface area contributed by atoms with Crippen LogP contribution in [0.3, 0.4) is 0 Å². The van der Waals surface area contributed by atoms with Gasteiger partial charge in [-0.3, -0.25) is 9.59 Å². The fraction of sp³-hybridized carbons (Fsp3) is 0.417. The van der Waals surface area contributed by atoms with E-state index in [4.69, 9.17) is 22.1 Å². The second-order valence-electron chi connectivity index (χ2n) is 13.8. The van der Waals surface area contributed by atoms with E-state index in [1.54, 1.807) is 36.7 Å². The number of anilines is 2. The van der Waals surface area contributed by atoms with Crippen molar-refractivity contribution in [3.05, 3.63) is 71.8 Å². The number of nitrogens with one attached hydrogen (secondary N) is 2. The first-order valence-corrected chi connectivity index (χ1v) is 17.0. The molecule has 0 aliphatic heterocycles. The van der Waals surface area contributed by atoms with Gasteiger partial charge in [0.2, 0.25) is 17.1 Å². The number of H-pyrrole nitrogens is 1. The molecule has 1 saturated carbocycles. The summed E-state index contributed by atoms with van der Waals surface area (Å²) in [7, 11) is 3.75. The van der Waals surface area contributed by atoms with E-state index >= 15 is 0 Å². The molecule has 3 amide bonds. The highest BCUT2D eigenvalue weighted by Gasteiger charge is 2.35. The third-order valence-corrected chi connectivity index (χ3v) is 8.65. The van der Waals surface area contributed by atoms with Crippen LogP contribution < -0.4 is 20.9 Å². The third-order valence-electron chi connectivity index (χ3n) is 8.48. The van der Waals surface area contributed by atoms with Gasteiger partial charge >= 0.3 is 6.09 Å². The third kappa shape index (κ3) is 9.42. The number of imide groups is 1. The van der Waals surface area contributed by atoms with Crippen molar-refractivity contribution in [2.45, 2.75) is 64.5 Å². The van der Waals surface area contributed by atoms with Crippen LogP contribution in [0.4, 0.5) is 16.4 Å². The summed E-state index contributed by atoms with van der Waals surface area (Å²) in [4.78, 5) is 56.5. The van der Waals surface area contributed by atoms with Crippen LogP contribution in [0.25, 0.3) is 22.5 Å². The van der Waals surface area contributed by atoms with Crippen molar-refractivity contribution >= 4 is 41.1 Å². The van der Waals surface area contributed by atoms with Crippen molar-refractivity contribution in [1.29, 1.82) is 0 Å². The summed E-state index contributed by atoms with van der Waals surface area (Å²) in [6.45, 7) is 5.91. The van der Waals surface area contributed by atoms with Gasteiger partial charge in [0.05, 0.1) is 11.7 Å². The second kappa shape index (κ2) is 15.8. The summed E-state index contributed by atoms with van der Waals surface area (Å²) in [5.74, 6) is 0.00484. The van der Waals surface area contributed by atoms with Gasteiger partial charge in [-0.1, -0.05) is 24.3 Å². The number of aromatic nitrogens is 5. The topological polar surface area (TPSA) is 172 Å². The number of alkyl carbamates (subject to hydrolysis) is 1. The number of hydrogen-bond acceptors (Lipinski definition) is 10. The van der Waals surface area contributed by atoms with Gasteiger partial charge in [-0.2, -0.15) is 10.1 Å². The monoisotopic (exact) mass is 701 g/mol. The number of hydrogen-bond donors (Lipinski definition) is 3. The number of halogens is 1. The SMILES string of the molecule is CN(C)c1ncc(-c2cccc(C[C@H](N)C(=O)N(C(=O)C3CCC(CNC(=O)OC(C)(C)C)CC3)c3ccc(-c4n[nH]c(Cl)n4)cc3)c2)cn1. The molecule has 264 valence electrons. The fourth-order valence-corrected chi connectivity index (χ4v) is 6.04. The Balaban J connectivity index is 1.31. The number of carbonyl (C=O) groups excluding carboxylic acids is 3. The maximum Gasteiger partial charge on any atom is 0.407 e. The van der Waals surface area contributed by atoms with Gasteiger partial charge in [-0.25, -0.2) is 24.8 Å². The molecule has 14 heteroatoms. The normalized spacial score (nSPS) is 16.7. The van der Waals surface area contributed by atoms with E-state index in [1.807, 2.05) is 64.0 Å². The Bertz CT molecular complexity index is 1780. The molecule has 0 spiro atoms. The van der Waals surface area contributed by atoms with Gasteiger partial charge in [0.15, 0.2) is 5.82 Å². The number of carbonyl (C=O) groups is 3. The molecule has 2 aromatic carbocycles. The number of nitrogens with two attached hydrogens (primary N) is 1. The molecular formula is C36H44ClN9O4. The molecule has 1 aliphatic carbocycles. The Kier molecular flexibility index (Phi) is 11.5. The van der Waals surface area contributed by atoms with Crippen LogP contribution in [0, 0.1) is 11.8 Å². The Morgan fingerprint density at radius 1 is 1.00 bits per heavy atom. The predicted molar refractivity (Wildman–Crippen MR) is 192 cm³/mol. The molecule has 4 N–H and O–H groups in total. The smallest absolute Gasteiger partial charge is 0.407 e. The second-order valence-corrected chi connectivity index (χ2v) is 14.1. The van der Waals surface area contributed by atoms with Crippen LogP contribution in [-0.2, 0) is 20.7 Å². The van der Waals surface area contributed by atoms with Crippen molar-refractivity contribution in [1.82, 2.24) is 30.5 Å². The van der Waals surface area contributed by atoms with Gasteiger partial charge in [-0.05, 0) is 106 Å². The lowest BCUT2D eigenvalue weighted by Gasteiger charge is -2.32.